The van der Waals surface area contributed by atoms with Gasteiger partial charge in [-0.2, -0.15) is 5.10 Å². The second-order valence-electron chi connectivity index (χ2n) is 8.19. The zero-order valence-corrected chi connectivity index (χ0v) is 22.5. The normalized spacial score (nSPS) is 13.9. The monoisotopic (exact) mass is 601 g/mol. The van der Waals surface area contributed by atoms with Gasteiger partial charge in [0.1, 0.15) is 6.54 Å². The zero-order valence-electron chi connectivity index (χ0n) is 20.1. The molecule has 4 rings (SSSR count). The van der Waals surface area contributed by atoms with Gasteiger partial charge in [-0.05, 0) is 42.5 Å². The number of rotatable bonds is 9. The Morgan fingerprint density at radius 2 is 1.79 bits per heavy atom. The summed E-state index contributed by atoms with van der Waals surface area (Å²) < 4.78 is 33.9. The molecule has 0 spiro atoms. The van der Waals surface area contributed by atoms with Crippen LogP contribution in [0.5, 0.6) is 0 Å². The predicted octanol–water partition coefficient (Wildman–Crippen LogP) is 3.54. The van der Waals surface area contributed by atoms with Crippen LogP contribution < -0.4 is 14.6 Å². The Hall–Kier alpha value is -3.81. The summed E-state index contributed by atoms with van der Waals surface area (Å²) in [7, 11) is -4.06. The molecule has 198 valence electrons. The number of carbonyl (C=O) groups is 1. The number of hydrogen-bond acceptors (Lipinski definition) is 8. The molecule has 0 saturated carbocycles. The van der Waals surface area contributed by atoms with Crippen molar-refractivity contribution in [3.05, 3.63) is 92.9 Å². The summed E-state index contributed by atoms with van der Waals surface area (Å²) in [5, 5.41) is 15.3. The maximum atomic E-state index is 13.4. The molecular formula is C25H24BrN5O6S. The highest BCUT2D eigenvalue weighted by atomic mass is 79.9. The van der Waals surface area contributed by atoms with Crippen LogP contribution in [0.15, 0.2) is 87.3 Å². The molecule has 11 nitrogen and oxygen atoms in total. The Morgan fingerprint density at radius 1 is 1.11 bits per heavy atom. The van der Waals surface area contributed by atoms with E-state index in [1.165, 1.54) is 30.5 Å². The largest absolute Gasteiger partial charge is 0.378 e. The van der Waals surface area contributed by atoms with Crippen molar-refractivity contribution in [1.29, 1.82) is 0 Å². The van der Waals surface area contributed by atoms with Crippen molar-refractivity contribution < 1.29 is 22.9 Å². The van der Waals surface area contributed by atoms with Crippen molar-refractivity contribution in [2.24, 2.45) is 5.10 Å². The number of anilines is 2. The van der Waals surface area contributed by atoms with Gasteiger partial charge in [0.2, 0.25) is 0 Å². The highest BCUT2D eigenvalue weighted by molar-refractivity contribution is 9.10. The number of carbonyl (C=O) groups excluding carboxylic acids is 1. The van der Waals surface area contributed by atoms with Gasteiger partial charge in [-0.25, -0.2) is 13.8 Å². The lowest BCUT2D eigenvalue weighted by atomic mass is 10.1. The lowest BCUT2D eigenvalue weighted by molar-refractivity contribution is -0.384. The molecule has 38 heavy (non-hydrogen) atoms. The maximum absolute atomic E-state index is 13.4. The number of nitro benzene ring substituents is 1. The van der Waals surface area contributed by atoms with Gasteiger partial charge in [-0.3, -0.25) is 19.2 Å². The van der Waals surface area contributed by atoms with E-state index in [0.29, 0.717) is 43.2 Å². The molecule has 1 fully saturated rings. The van der Waals surface area contributed by atoms with Crippen LogP contribution in [-0.4, -0.2) is 58.3 Å². The second kappa shape index (κ2) is 12.2. The Labute approximate surface area is 228 Å². The highest BCUT2D eigenvalue weighted by Crippen LogP contribution is 2.26. The fraction of sp³-hybridized carbons (Fsp3) is 0.200. The number of sulfonamides is 1. The summed E-state index contributed by atoms with van der Waals surface area (Å²) >= 11 is 3.33. The van der Waals surface area contributed by atoms with Crippen molar-refractivity contribution in [1.82, 2.24) is 5.43 Å². The van der Waals surface area contributed by atoms with Gasteiger partial charge < -0.3 is 9.64 Å². The van der Waals surface area contributed by atoms with Crippen LogP contribution in [0.3, 0.4) is 0 Å². The molecule has 1 aliphatic rings. The number of benzene rings is 3. The van der Waals surface area contributed by atoms with Gasteiger partial charge in [-0.15, -0.1) is 0 Å². The highest BCUT2D eigenvalue weighted by Gasteiger charge is 2.27. The number of morpholine rings is 1. The standard InChI is InChI=1S/C25H24BrN5O6S/c26-20-6-8-21(9-7-20)30(38(35,36)23-4-2-1-3-5-23)18-25(32)28-27-17-19-16-22(31(33)34)10-11-24(19)29-12-14-37-15-13-29/h1-11,16-17H,12-15,18H2,(H,28,32)/b27-17-. The van der Waals surface area contributed by atoms with E-state index >= 15 is 0 Å². The van der Waals surface area contributed by atoms with E-state index in [1.54, 1.807) is 48.5 Å². The van der Waals surface area contributed by atoms with Crippen LogP contribution in [0.1, 0.15) is 5.56 Å². The number of nitrogens with zero attached hydrogens (tertiary/aromatic N) is 4. The molecule has 1 aliphatic heterocycles. The first kappa shape index (κ1) is 27.2. The first-order chi connectivity index (χ1) is 18.3. The van der Waals surface area contributed by atoms with E-state index in [0.717, 1.165) is 8.78 Å². The van der Waals surface area contributed by atoms with Gasteiger partial charge in [0.25, 0.3) is 21.6 Å². The summed E-state index contributed by atoms with van der Waals surface area (Å²) in [6, 6.07) is 18.7. The van der Waals surface area contributed by atoms with E-state index in [4.69, 9.17) is 4.74 Å². The third-order valence-electron chi connectivity index (χ3n) is 5.70. The number of hydrazone groups is 1. The fourth-order valence-corrected chi connectivity index (χ4v) is 5.54. The Kier molecular flexibility index (Phi) is 8.71. The van der Waals surface area contributed by atoms with Crippen LogP contribution in [-0.2, 0) is 19.6 Å². The van der Waals surface area contributed by atoms with Gasteiger partial charge >= 0.3 is 0 Å². The van der Waals surface area contributed by atoms with Crippen molar-refractivity contribution in [2.45, 2.75) is 4.90 Å². The summed E-state index contributed by atoms with van der Waals surface area (Å²) in [5.41, 5.74) is 3.66. The lowest BCUT2D eigenvalue weighted by Crippen LogP contribution is -2.39. The number of halogens is 1. The number of ether oxygens (including phenoxy) is 1. The minimum absolute atomic E-state index is 0.0333. The zero-order chi connectivity index (χ0) is 27.1. The van der Waals surface area contributed by atoms with Crippen LogP contribution in [0.4, 0.5) is 17.1 Å². The molecule has 1 N–H and O–H groups in total. The first-order valence-electron chi connectivity index (χ1n) is 11.5. The first-order valence-corrected chi connectivity index (χ1v) is 13.8. The second-order valence-corrected chi connectivity index (χ2v) is 11.0. The topological polar surface area (TPSA) is 134 Å². The van der Waals surface area contributed by atoms with E-state index in [2.05, 4.69) is 26.5 Å². The van der Waals surface area contributed by atoms with E-state index < -0.39 is 27.4 Å². The van der Waals surface area contributed by atoms with Crippen molar-refractivity contribution in [3.8, 4) is 0 Å². The van der Waals surface area contributed by atoms with Crippen LogP contribution in [0, 0.1) is 10.1 Å². The fourth-order valence-electron chi connectivity index (χ4n) is 3.83. The molecule has 0 unspecified atom stereocenters. The van der Waals surface area contributed by atoms with E-state index in [-0.39, 0.29) is 10.6 Å². The van der Waals surface area contributed by atoms with Gasteiger partial charge in [0, 0.05) is 40.9 Å². The molecule has 3 aromatic rings. The number of non-ortho nitro benzene ring substituents is 1. The molecule has 0 atom stereocenters. The van der Waals surface area contributed by atoms with Gasteiger partial charge in [-0.1, -0.05) is 34.1 Å². The SMILES string of the molecule is O=C(CN(c1ccc(Br)cc1)S(=O)(=O)c1ccccc1)N/N=C\c1cc([N+](=O)[O-])ccc1N1CCOCC1. The summed E-state index contributed by atoms with van der Waals surface area (Å²) in [6.07, 6.45) is 1.31. The maximum Gasteiger partial charge on any atom is 0.270 e. The van der Waals surface area contributed by atoms with Gasteiger partial charge in [0.05, 0.1) is 34.9 Å². The predicted molar refractivity (Wildman–Crippen MR) is 147 cm³/mol. The van der Waals surface area contributed by atoms with Crippen molar-refractivity contribution in [2.75, 3.05) is 42.1 Å². The molecule has 0 aliphatic carbocycles. The van der Waals surface area contributed by atoms with Crippen LogP contribution >= 0.6 is 15.9 Å². The molecule has 0 aromatic heterocycles. The third-order valence-corrected chi connectivity index (χ3v) is 8.02. The molecular weight excluding hydrogens is 578 g/mol. The van der Waals surface area contributed by atoms with Gasteiger partial charge in [0.15, 0.2) is 0 Å². The van der Waals surface area contributed by atoms with Crippen molar-refractivity contribution in [3.63, 3.8) is 0 Å². The minimum Gasteiger partial charge on any atom is -0.378 e. The van der Waals surface area contributed by atoms with E-state index in [9.17, 15) is 23.3 Å². The molecule has 0 radical (unpaired) electrons. The quantitative estimate of drug-likeness (QED) is 0.225. The minimum atomic E-state index is -4.06. The molecule has 0 bridgehead atoms. The summed E-state index contributed by atoms with van der Waals surface area (Å²) in [5.74, 6) is -0.693. The Balaban J connectivity index is 1.56. The number of amides is 1. The Bertz CT molecular complexity index is 1430. The average Bonchev–Trinajstić information content (AvgIpc) is 2.93. The molecule has 1 heterocycles. The van der Waals surface area contributed by atoms with Crippen LogP contribution in [0.25, 0.3) is 0 Å². The molecule has 13 heteroatoms. The number of hydrogen-bond donors (Lipinski definition) is 1. The van der Waals surface area contributed by atoms with E-state index in [1.807, 2.05) is 4.90 Å². The third kappa shape index (κ3) is 6.54. The van der Waals surface area contributed by atoms with Crippen molar-refractivity contribution >= 4 is 55.1 Å². The van der Waals surface area contributed by atoms with Crippen LogP contribution in [0.2, 0.25) is 0 Å². The smallest absolute Gasteiger partial charge is 0.270 e. The molecule has 1 saturated heterocycles. The Morgan fingerprint density at radius 3 is 2.45 bits per heavy atom. The summed E-state index contributed by atoms with van der Waals surface area (Å²) in [6.45, 7) is 1.70. The average molecular weight is 602 g/mol. The summed E-state index contributed by atoms with van der Waals surface area (Å²) in [4.78, 5) is 25.7. The lowest BCUT2D eigenvalue weighted by Gasteiger charge is -2.29. The number of nitrogens with one attached hydrogen (secondary N) is 1. The number of nitro groups is 1. The molecule has 1 amide bonds. The molecule has 3 aromatic carbocycles.